The molecule has 0 radical (unpaired) electrons. The molecule has 2 unspecified atom stereocenters. The van der Waals surface area contributed by atoms with E-state index in [-0.39, 0.29) is 21.3 Å². The average molecular weight is 344 g/mol. The van der Waals surface area contributed by atoms with E-state index in [1.807, 2.05) is 0 Å². The summed E-state index contributed by atoms with van der Waals surface area (Å²) in [5, 5.41) is 20.7. The lowest BCUT2D eigenvalue weighted by Crippen LogP contribution is -2.62. The Bertz CT molecular complexity index is 594. The molecule has 0 spiro atoms. The number of rotatable bonds is 2. The Labute approximate surface area is 135 Å². The van der Waals surface area contributed by atoms with Gasteiger partial charge in [0.05, 0.1) is 5.92 Å². The monoisotopic (exact) mass is 344 g/mol. The third-order valence-electron chi connectivity index (χ3n) is 2.66. The number of carbonyl (C=O) groups is 3. The molecule has 0 aromatic carbocycles. The molecule has 2 aliphatic rings. The Morgan fingerprint density at radius 2 is 1.59 bits per heavy atom. The lowest BCUT2D eigenvalue weighted by Gasteiger charge is -2.35. The number of amides is 3. The fourth-order valence-electron chi connectivity index (χ4n) is 1.67. The first-order chi connectivity index (χ1) is 9.88. The quantitative estimate of drug-likeness (QED) is 0.174. The zero-order valence-electron chi connectivity index (χ0n) is 10.9. The third kappa shape index (κ3) is 3.92. The summed E-state index contributed by atoms with van der Waals surface area (Å²) in [4.78, 5) is 34.7. The van der Waals surface area contributed by atoms with Gasteiger partial charge in [-0.25, -0.2) is 0 Å². The van der Waals surface area contributed by atoms with Crippen LogP contribution in [0.25, 0.3) is 0 Å². The molecule has 11 heteroatoms. The van der Waals surface area contributed by atoms with Crippen molar-refractivity contribution in [2.45, 2.75) is 6.23 Å². The summed E-state index contributed by atoms with van der Waals surface area (Å²) < 4.78 is 0. The largest absolute Gasteiger partial charge is 0.836 e. The van der Waals surface area contributed by atoms with Crippen LogP contribution in [0.3, 0.4) is 0 Å². The summed E-state index contributed by atoms with van der Waals surface area (Å²) in [5.41, 5.74) is -0.179. The molecule has 2 saturated heterocycles. The van der Waals surface area contributed by atoms with Gasteiger partial charge in [0, 0.05) is 0 Å². The first kappa shape index (κ1) is 17.8. The lowest BCUT2D eigenvalue weighted by molar-refractivity contribution is -0.432. The van der Waals surface area contributed by atoms with Crippen LogP contribution < -0.4 is 26.4 Å². The fourth-order valence-corrected chi connectivity index (χ4v) is 2.08. The molecule has 118 valence electrons. The highest BCUT2D eigenvalue weighted by atomic mass is 32.1. The van der Waals surface area contributed by atoms with Crippen LogP contribution >= 0.6 is 24.4 Å². The Kier molecular flexibility index (Phi) is 5.82. The van der Waals surface area contributed by atoms with E-state index in [9.17, 15) is 19.5 Å². The number of carbonyl (C=O) groups excluding carboxylic acids is 3. The SMILES string of the molecule is O=C1NC(=S)NC(=O)C1=C/C=C/C1C(=O)NC(=S)NC1[O-].[OH3+]. The van der Waals surface area contributed by atoms with Crippen molar-refractivity contribution in [3.8, 4) is 0 Å². The van der Waals surface area contributed by atoms with Gasteiger partial charge in [0.1, 0.15) is 5.57 Å². The summed E-state index contributed by atoms with van der Waals surface area (Å²) in [7, 11) is 0. The number of hydrogen-bond acceptors (Lipinski definition) is 6. The molecule has 2 aliphatic heterocycles. The standard InChI is InChI=1S/C11H9N4O4S2.H2O/c16-6-4(7(17)13-10(20)12-6)2-1-3-5-8(18)14-11(21)15-9(5)19;/h1-4,6H,(H2,12,13,17,20)(H2,14,15,18,19,21);1H2/q-1;/p+1/b2-1+;. The molecule has 2 heterocycles. The first-order valence-electron chi connectivity index (χ1n) is 5.71. The molecule has 9 nitrogen and oxygen atoms in total. The molecule has 0 bridgehead atoms. The van der Waals surface area contributed by atoms with Gasteiger partial charge in [-0.3, -0.25) is 25.0 Å². The van der Waals surface area contributed by atoms with Gasteiger partial charge >= 0.3 is 0 Å². The van der Waals surface area contributed by atoms with Gasteiger partial charge in [-0.15, -0.1) is 0 Å². The van der Waals surface area contributed by atoms with Gasteiger partial charge < -0.3 is 21.2 Å². The molecule has 0 aliphatic carbocycles. The van der Waals surface area contributed by atoms with Crippen LogP contribution in [0.5, 0.6) is 0 Å². The summed E-state index contributed by atoms with van der Waals surface area (Å²) in [6, 6.07) is 0. The minimum absolute atomic E-state index is 0. The van der Waals surface area contributed by atoms with Crippen LogP contribution in [0.2, 0.25) is 0 Å². The highest BCUT2D eigenvalue weighted by Crippen LogP contribution is 2.08. The van der Waals surface area contributed by atoms with E-state index in [0.717, 1.165) is 0 Å². The van der Waals surface area contributed by atoms with Crippen molar-refractivity contribution in [3.63, 3.8) is 0 Å². The van der Waals surface area contributed by atoms with Crippen molar-refractivity contribution in [3.05, 3.63) is 23.8 Å². The van der Waals surface area contributed by atoms with E-state index in [4.69, 9.17) is 0 Å². The maximum Gasteiger partial charge on any atom is 0.263 e. The summed E-state index contributed by atoms with van der Waals surface area (Å²) >= 11 is 9.32. The zero-order chi connectivity index (χ0) is 15.6. The van der Waals surface area contributed by atoms with Crippen molar-refractivity contribution in [2.24, 2.45) is 5.92 Å². The summed E-state index contributed by atoms with van der Waals surface area (Å²) in [6.45, 7) is 0. The Hall–Kier alpha value is -2.21. The van der Waals surface area contributed by atoms with Crippen molar-refractivity contribution in [1.82, 2.24) is 21.3 Å². The Morgan fingerprint density at radius 1 is 1.00 bits per heavy atom. The van der Waals surface area contributed by atoms with Crippen LogP contribution in [-0.2, 0) is 19.9 Å². The zero-order valence-corrected chi connectivity index (χ0v) is 12.5. The molecular formula is C11H12N4O5S2. The molecule has 0 aromatic heterocycles. The van der Waals surface area contributed by atoms with Gasteiger partial charge in [0.25, 0.3) is 11.8 Å². The predicted octanol–water partition coefficient (Wildman–Crippen LogP) is -3.62. The van der Waals surface area contributed by atoms with Crippen molar-refractivity contribution < 1.29 is 25.0 Å². The smallest absolute Gasteiger partial charge is 0.263 e. The number of thiocarbonyl (C=S) groups is 2. The molecule has 7 N–H and O–H groups in total. The second-order valence-electron chi connectivity index (χ2n) is 4.11. The Morgan fingerprint density at radius 3 is 2.14 bits per heavy atom. The predicted molar refractivity (Wildman–Crippen MR) is 82.1 cm³/mol. The van der Waals surface area contributed by atoms with Gasteiger partial charge in [-0.2, -0.15) is 0 Å². The molecular weight excluding hydrogens is 332 g/mol. The van der Waals surface area contributed by atoms with Crippen LogP contribution in [0, 0.1) is 5.92 Å². The number of hydrogen-bond donors (Lipinski definition) is 4. The van der Waals surface area contributed by atoms with Gasteiger partial charge in [0.2, 0.25) is 5.91 Å². The highest BCUT2D eigenvalue weighted by molar-refractivity contribution is 7.80. The van der Waals surface area contributed by atoms with Gasteiger partial charge in [-0.05, 0) is 36.7 Å². The van der Waals surface area contributed by atoms with Crippen molar-refractivity contribution in [1.29, 1.82) is 0 Å². The minimum Gasteiger partial charge on any atom is -0.836 e. The van der Waals surface area contributed by atoms with E-state index in [2.05, 4.69) is 45.7 Å². The van der Waals surface area contributed by atoms with Crippen LogP contribution in [0.1, 0.15) is 0 Å². The lowest BCUT2D eigenvalue weighted by atomic mass is 10.0. The fraction of sp³-hybridized carbons (Fsp3) is 0.182. The normalized spacial score (nSPS) is 25.0. The summed E-state index contributed by atoms with van der Waals surface area (Å²) in [5.74, 6) is -2.87. The van der Waals surface area contributed by atoms with E-state index in [1.165, 1.54) is 18.2 Å². The highest BCUT2D eigenvalue weighted by Gasteiger charge is 2.26. The molecule has 0 aromatic rings. The molecule has 2 fully saturated rings. The molecule has 22 heavy (non-hydrogen) atoms. The third-order valence-corrected chi connectivity index (χ3v) is 3.09. The van der Waals surface area contributed by atoms with Crippen LogP contribution in [0.4, 0.5) is 0 Å². The molecule has 3 amide bonds. The Balaban J connectivity index is 0.00000242. The van der Waals surface area contributed by atoms with Crippen LogP contribution in [-0.4, -0.2) is 34.2 Å². The average Bonchev–Trinajstić information content (AvgIpc) is 2.34. The molecule has 0 saturated carbocycles. The second kappa shape index (κ2) is 7.17. The van der Waals surface area contributed by atoms with E-state index in [0.29, 0.717) is 0 Å². The van der Waals surface area contributed by atoms with Gasteiger partial charge in [0.15, 0.2) is 10.2 Å². The van der Waals surface area contributed by atoms with Crippen LogP contribution in [0.15, 0.2) is 23.8 Å². The topological polar surface area (TPSA) is 155 Å². The minimum atomic E-state index is -1.43. The van der Waals surface area contributed by atoms with Crippen molar-refractivity contribution >= 4 is 52.4 Å². The molecule has 2 rings (SSSR count). The molecule has 2 atom stereocenters. The maximum absolute atomic E-state index is 11.6. The number of allylic oxidation sites excluding steroid dienone is 2. The summed E-state index contributed by atoms with van der Waals surface area (Å²) in [6.07, 6.45) is 2.33. The maximum atomic E-state index is 11.6. The van der Waals surface area contributed by atoms with E-state index in [1.54, 1.807) is 0 Å². The van der Waals surface area contributed by atoms with E-state index < -0.39 is 29.9 Å². The van der Waals surface area contributed by atoms with Crippen molar-refractivity contribution in [2.75, 3.05) is 0 Å². The second-order valence-corrected chi connectivity index (χ2v) is 4.93. The van der Waals surface area contributed by atoms with Gasteiger partial charge in [-0.1, -0.05) is 12.2 Å². The number of nitrogens with one attached hydrogen (secondary N) is 4. The van der Waals surface area contributed by atoms with E-state index >= 15 is 0 Å². The first-order valence-corrected chi connectivity index (χ1v) is 6.52.